The number of aromatic nitrogens is 2. The van der Waals surface area contributed by atoms with Gasteiger partial charge in [-0.3, -0.25) is 0 Å². The Hall–Kier alpha value is -0.830. The molecule has 0 aliphatic carbocycles. The van der Waals surface area contributed by atoms with Crippen LogP contribution < -0.4 is 10.1 Å². The van der Waals surface area contributed by atoms with Gasteiger partial charge in [-0.2, -0.15) is 0 Å². The molecule has 1 unspecified atom stereocenters. The van der Waals surface area contributed by atoms with Crippen molar-refractivity contribution in [3.8, 4) is 5.75 Å². The van der Waals surface area contributed by atoms with E-state index in [1.54, 1.807) is 30.2 Å². The molecule has 1 aliphatic heterocycles. The van der Waals surface area contributed by atoms with Crippen molar-refractivity contribution in [2.45, 2.75) is 29.0 Å². The standard InChI is InChI=1S/C15H18BrN3O2S2/c1-20-13-5-4-11(16)7-10(13)9-22-15-19-18-14(23-15)17-8-12-3-2-6-21-12/h4-5,7,12H,2-3,6,8-9H2,1H3,(H,17,18). The summed E-state index contributed by atoms with van der Waals surface area (Å²) < 4.78 is 13.0. The van der Waals surface area contributed by atoms with E-state index in [2.05, 4.69) is 37.5 Å². The number of anilines is 1. The highest BCUT2D eigenvalue weighted by Crippen LogP contribution is 2.32. The summed E-state index contributed by atoms with van der Waals surface area (Å²) in [7, 11) is 1.69. The van der Waals surface area contributed by atoms with Crippen LogP contribution in [-0.2, 0) is 10.5 Å². The molecule has 2 heterocycles. The van der Waals surface area contributed by atoms with E-state index in [-0.39, 0.29) is 0 Å². The Bertz CT molecular complexity index is 647. The van der Waals surface area contributed by atoms with Gasteiger partial charge in [0.05, 0.1) is 13.2 Å². The van der Waals surface area contributed by atoms with Gasteiger partial charge in [0.2, 0.25) is 5.13 Å². The highest BCUT2D eigenvalue weighted by Gasteiger charge is 2.16. The molecule has 0 radical (unpaired) electrons. The van der Waals surface area contributed by atoms with Crippen molar-refractivity contribution in [2.75, 3.05) is 25.6 Å². The van der Waals surface area contributed by atoms with Gasteiger partial charge in [0.25, 0.3) is 0 Å². The van der Waals surface area contributed by atoms with Crippen LogP contribution >= 0.6 is 39.0 Å². The first-order valence-corrected chi connectivity index (χ1v) is 9.98. The Labute approximate surface area is 152 Å². The molecule has 3 rings (SSSR count). The van der Waals surface area contributed by atoms with Crippen LogP contribution in [0.25, 0.3) is 0 Å². The molecule has 1 saturated heterocycles. The molecule has 1 aromatic carbocycles. The fourth-order valence-corrected chi connectivity index (χ4v) is 4.49. The Morgan fingerprint density at radius 1 is 1.48 bits per heavy atom. The van der Waals surface area contributed by atoms with Crippen molar-refractivity contribution in [1.29, 1.82) is 0 Å². The summed E-state index contributed by atoms with van der Waals surface area (Å²) in [5.41, 5.74) is 1.14. The second-order valence-corrected chi connectivity index (χ2v) is 8.25. The minimum Gasteiger partial charge on any atom is -0.496 e. The fraction of sp³-hybridized carbons (Fsp3) is 0.467. The highest BCUT2D eigenvalue weighted by molar-refractivity contribution is 9.10. The predicted octanol–water partition coefficient (Wildman–Crippen LogP) is 4.19. The summed E-state index contributed by atoms with van der Waals surface area (Å²) in [5, 5.41) is 12.6. The minimum absolute atomic E-state index is 0.306. The molecule has 1 atom stereocenters. The molecular formula is C15H18BrN3O2S2. The van der Waals surface area contributed by atoms with E-state index in [1.807, 2.05) is 12.1 Å². The normalized spacial score (nSPS) is 17.4. The van der Waals surface area contributed by atoms with E-state index in [1.165, 1.54) is 0 Å². The molecule has 5 nitrogen and oxygen atoms in total. The zero-order valence-corrected chi connectivity index (χ0v) is 16.0. The molecule has 2 aromatic rings. The molecule has 1 fully saturated rings. The molecular weight excluding hydrogens is 398 g/mol. The number of thioether (sulfide) groups is 1. The van der Waals surface area contributed by atoms with Gasteiger partial charge in [0.1, 0.15) is 5.75 Å². The SMILES string of the molecule is COc1ccc(Br)cc1CSc1nnc(NCC2CCCO2)s1. The van der Waals surface area contributed by atoms with Crippen LogP contribution in [0, 0.1) is 0 Å². The maximum atomic E-state index is 5.59. The first-order chi connectivity index (χ1) is 11.2. The highest BCUT2D eigenvalue weighted by atomic mass is 79.9. The Kier molecular flexibility index (Phi) is 6.15. The van der Waals surface area contributed by atoms with E-state index in [0.29, 0.717) is 6.10 Å². The molecule has 124 valence electrons. The van der Waals surface area contributed by atoms with Gasteiger partial charge >= 0.3 is 0 Å². The topological polar surface area (TPSA) is 56.3 Å². The summed E-state index contributed by atoms with van der Waals surface area (Å²) in [4.78, 5) is 0. The molecule has 1 N–H and O–H groups in total. The third-order valence-corrected chi connectivity index (χ3v) is 6.06. The van der Waals surface area contributed by atoms with E-state index >= 15 is 0 Å². The largest absolute Gasteiger partial charge is 0.496 e. The molecule has 8 heteroatoms. The minimum atomic E-state index is 0.306. The van der Waals surface area contributed by atoms with Crippen LogP contribution in [0.2, 0.25) is 0 Å². The third-order valence-electron chi connectivity index (χ3n) is 3.51. The lowest BCUT2D eigenvalue weighted by atomic mass is 10.2. The number of hydrogen-bond acceptors (Lipinski definition) is 7. The van der Waals surface area contributed by atoms with Crippen molar-refractivity contribution in [2.24, 2.45) is 0 Å². The van der Waals surface area contributed by atoms with E-state index in [9.17, 15) is 0 Å². The molecule has 1 aliphatic rings. The fourth-order valence-electron chi connectivity index (χ4n) is 2.35. The predicted molar refractivity (Wildman–Crippen MR) is 97.6 cm³/mol. The molecule has 0 spiro atoms. The van der Waals surface area contributed by atoms with Gasteiger partial charge < -0.3 is 14.8 Å². The van der Waals surface area contributed by atoms with Crippen LogP contribution in [0.1, 0.15) is 18.4 Å². The Morgan fingerprint density at radius 2 is 2.39 bits per heavy atom. The number of benzene rings is 1. The lowest BCUT2D eigenvalue weighted by Gasteiger charge is -2.08. The summed E-state index contributed by atoms with van der Waals surface area (Å²) >= 11 is 6.73. The smallest absolute Gasteiger partial charge is 0.206 e. The Balaban J connectivity index is 1.53. The average Bonchev–Trinajstić information content (AvgIpc) is 3.22. The van der Waals surface area contributed by atoms with Crippen LogP contribution in [0.15, 0.2) is 27.0 Å². The van der Waals surface area contributed by atoms with Crippen molar-refractivity contribution in [3.05, 3.63) is 28.2 Å². The second kappa shape index (κ2) is 8.32. The monoisotopic (exact) mass is 415 g/mol. The number of hydrogen-bond donors (Lipinski definition) is 1. The van der Waals surface area contributed by atoms with Crippen molar-refractivity contribution in [1.82, 2.24) is 10.2 Å². The quantitative estimate of drug-likeness (QED) is 0.683. The first-order valence-electron chi connectivity index (χ1n) is 7.39. The van der Waals surface area contributed by atoms with Crippen molar-refractivity contribution >= 4 is 44.2 Å². The molecule has 1 aromatic heterocycles. The van der Waals surface area contributed by atoms with Gasteiger partial charge in [0.15, 0.2) is 4.34 Å². The zero-order chi connectivity index (χ0) is 16.1. The van der Waals surface area contributed by atoms with Crippen LogP contribution in [0.3, 0.4) is 0 Å². The number of ether oxygens (including phenoxy) is 2. The first kappa shape index (κ1) is 17.0. The van der Waals surface area contributed by atoms with Crippen molar-refractivity contribution < 1.29 is 9.47 Å². The number of methoxy groups -OCH3 is 1. The maximum absolute atomic E-state index is 5.59. The van der Waals surface area contributed by atoms with E-state index < -0.39 is 0 Å². The van der Waals surface area contributed by atoms with E-state index in [0.717, 1.165) is 57.0 Å². The molecule has 0 amide bonds. The zero-order valence-electron chi connectivity index (χ0n) is 12.8. The number of rotatable bonds is 7. The van der Waals surface area contributed by atoms with Crippen LogP contribution in [0.4, 0.5) is 5.13 Å². The van der Waals surface area contributed by atoms with Gasteiger partial charge in [-0.15, -0.1) is 10.2 Å². The molecule has 23 heavy (non-hydrogen) atoms. The van der Waals surface area contributed by atoms with Gasteiger partial charge in [-0.25, -0.2) is 0 Å². The third kappa shape index (κ3) is 4.82. The van der Waals surface area contributed by atoms with E-state index in [4.69, 9.17) is 9.47 Å². The van der Waals surface area contributed by atoms with Gasteiger partial charge in [0, 0.05) is 28.9 Å². The Morgan fingerprint density at radius 3 is 3.17 bits per heavy atom. The molecule has 0 saturated carbocycles. The molecule has 0 bridgehead atoms. The van der Waals surface area contributed by atoms with Gasteiger partial charge in [-0.05, 0) is 31.0 Å². The number of nitrogens with zero attached hydrogens (tertiary/aromatic N) is 2. The van der Waals surface area contributed by atoms with Crippen LogP contribution in [-0.4, -0.2) is 36.6 Å². The average molecular weight is 416 g/mol. The van der Waals surface area contributed by atoms with Gasteiger partial charge in [-0.1, -0.05) is 39.0 Å². The number of nitrogens with one attached hydrogen (secondary N) is 1. The maximum Gasteiger partial charge on any atom is 0.206 e. The summed E-state index contributed by atoms with van der Waals surface area (Å²) in [6.45, 7) is 1.68. The lowest BCUT2D eigenvalue weighted by Crippen LogP contribution is -2.18. The lowest BCUT2D eigenvalue weighted by molar-refractivity contribution is 0.120. The summed E-state index contributed by atoms with van der Waals surface area (Å²) in [6.07, 6.45) is 2.58. The number of halogens is 1. The van der Waals surface area contributed by atoms with Crippen molar-refractivity contribution in [3.63, 3.8) is 0 Å². The second-order valence-electron chi connectivity index (χ2n) is 5.13. The summed E-state index contributed by atoms with van der Waals surface area (Å²) in [6, 6.07) is 6.02. The summed E-state index contributed by atoms with van der Waals surface area (Å²) in [5.74, 6) is 1.69. The van der Waals surface area contributed by atoms with Crippen LogP contribution in [0.5, 0.6) is 5.75 Å².